The van der Waals surface area contributed by atoms with Crippen LogP contribution in [0.15, 0.2) is 70.9 Å². The van der Waals surface area contributed by atoms with E-state index in [1.165, 1.54) is 46.9 Å². The number of benzene rings is 2. The van der Waals surface area contributed by atoms with Crippen molar-refractivity contribution in [2.75, 3.05) is 0 Å². The van der Waals surface area contributed by atoms with Gasteiger partial charge >= 0.3 is 0 Å². The first-order chi connectivity index (χ1) is 13.6. The quantitative estimate of drug-likeness (QED) is 0.379. The van der Waals surface area contributed by atoms with Gasteiger partial charge in [-0.05, 0) is 29.3 Å². The average Bonchev–Trinajstić information content (AvgIpc) is 2.71. The summed E-state index contributed by atoms with van der Waals surface area (Å²) in [5, 5.41) is 0.394. The Morgan fingerprint density at radius 2 is 1.71 bits per heavy atom. The maximum absolute atomic E-state index is 13.9. The second-order valence-electron chi connectivity index (χ2n) is 6.02. The Balaban J connectivity index is 1.75. The molecule has 4 rings (SSSR count). The van der Waals surface area contributed by atoms with Gasteiger partial charge in [0.05, 0.1) is 6.54 Å². The lowest BCUT2D eigenvalue weighted by Crippen LogP contribution is -2.25. The van der Waals surface area contributed by atoms with Gasteiger partial charge in [0, 0.05) is 18.1 Å². The van der Waals surface area contributed by atoms with E-state index in [1.54, 1.807) is 30.3 Å². The van der Waals surface area contributed by atoms with Gasteiger partial charge in [-0.3, -0.25) is 9.36 Å². The Morgan fingerprint density at radius 1 is 0.964 bits per heavy atom. The van der Waals surface area contributed by atoms with Crippen LogP contribution in [0.25, 0.3) is 11.2 Å². The lowest BCUT2D eigenvalue weighted by Gasteiger charge is -2.13. The normalized spacial score (nSPS) is 11.1. The predicted molar refractivity (Wildman–Crippen MR) is 103 cm³/mol. The minimum absolute atomic E-state index is 0.153. The average molecular weight is 396 g/mol. The molecule has 0 saturated heterocycles. The molecule has 0 spiro atoms. The molecule has 140 valence electrons. The van der Waals surface area contributed by atoms with E-state index >= 15 is 0 Å². The first-order valence-electron chi connectivity index (χ1n) is 8.44. The van der Waals surface area contributed by atoms with Crippen molar-refractivity contribution in [3.05, 3.63) is 94.0 Å². The fourth-order valence-corrected chi connectivity index (χ4v) is 3.68. The highest BCUT2D eigenvalue weighted by Crippen LogP contribution is 2.23. The molecule has 0 unspecified atom stereocenters. The molecule has 28 heavy (non-hydrogen) atoms. The van der Waals surface area contributed by atoms with Crippen LogP contribution in [0.5, 0.6) is 0 Å². The van der Waals surface area contributed by atoms with Crippen LogP contribution in [0.4, 0.5) is 8.78 Å². The maximum Gasteiger partial charge on any atom is 0.282 e. The summed E-state index contributed by atoms with van der Waals surface area (Å²) in [4.78, 5) is 25.6. The van der Waals surface area contributed by atoms with Gasteiger partial charge in [0.25, 0.3) is 5.56 Å². The largest absolute Gasteiger partial charge is 0.282 e. The molecule has 0 N–H and O–H groups in total. The molecule has 0 aliphatic rings. The van der Waals surface area contributed by atoms with Gasteiger partial charge in [-0.25, -0.2) is 23.7 Å². The Morgan fingerprint density at radius 3 is 2.50 bits per heavy atom. The molecule has 0 radical (unpaired) electrons. The van der Waals surface area contributed by atoms with Gasteiger partial charge in [0.1, 0.15) is 11.6 Å². The van der Waals surface area contributed by atoms with E-state index in [9.17, 15) is 13.6 Å². The Hall–Kier alpha value is -3.13. The zero-order valence-electron chi connectivity index (χ0n) is 14.5. The highest BCUT2D eigenvalue weighted by molar-refractivity contribution is 7.98. The molecule has 0 fully saturated rings. The van der Waals surface area contributed by atoms with Gasteiger partial charge in [0.2, 0.25) is 0 Å². The standard InChI is InChI=1S/C20H14F2N4OS/c21-15-7-5-13(6-8-15)11-26-19(27)17-18(24-10-9-23-17)25-20(26)28-12-14-3-1-2-4-16(14)22/h1-10H,11-12H2. The number of thioether (sulfide) groups is 1. The van der Waals surface area contributed by atoms with Crippen molar-refractivity contribution >= 4 is 22.9 Å². The fourth-order valence-electron chi connectivity index (χ4n) is 2.71. The smallest absolute Gasteiger partial charge is 0.281 e. The third kappa shape index (κ3) is 3.77. The third-order valence-electron chi connectivity index (χ3n) is 4.13. The van der Waals surface area contributed by atoms with Crippen LogP contribution in [-0.4, -0.2) is 19.5 Å². The minimum Gasteiger partial charge on any atom is -0.281 e. The summed E-state index contributed by atoms with van der Waals surface area (Å²) < 4.78 is 28.6. The molecule has 4 aromatic rings. The van der Waals surface area contributed by atoms with Crippen molar-refractivity contribution < 1.29 is 8.78 Å². The molecule has 8 heteroatoms. The Labute approximate surface area is 163 Å². The van der Waals surface area contributed by atoms with Crippen LogP contribution in [0, 0.1) is 11.6 Å². The summed E-state index contributed by atoms with van der Waals surface area (Å²) in [7, 11) is 0. The second-order valence-corrected chi connectivity index (χ2v) is 6.96. The number of halogens is 2. The van der Waals surface area contributed by atoms with Gasteiger partial charge < -0.3 is 0 Å². The van der Waals surface area contributed by atoms with Crippen molar-refractivity contribution in [2.45, 2.75) is 17.5 Å². The topological polar surface area (TPSA) is 60.7 Å². The molecule has 2 aromatic carbocycles. The molecule has 5 nitrogen and oxygen atoms in total. The highest BCUT2D eigenvalue weighted by atomic mass is 32.2. The summed E-state index contributed by atoms with van der Waals surface area (Å²) >= 11 is 1.24. The number of nitrogens with zero attached hydrogens (tertiary/aromatic N) is 4. The summed E-state index contributed by atoms with van der Waals surface area (Å²) in [6.45, 7) is 0.193. The number of aromatic nitrogens is 4. The molecule has 0 bridgehead atoms. The zero-order chi connectivity index (χ0) is 19.5. The van der Waals surface area contributed by atoms with Crippen molar-refractivity contribution in [3.63, 3.8) is 0 Å². The van der Waals surface area contributed by atoms with E-state index in [1.807, 2.05) is 0 Å². The molecular formula is C20H14F2N4OS. The zero-order valence-corrected chi connectivity index (χ0v) is 15.4. The summed E-state index contributed by atoms with van der Waals surface area (Å²) in [6, 6.07) is 12.3. The van der Waals surface area contributed by atoms with Crippen LogP contribution < -0.4 is 5.56 Å². The number of hydrogen-bond acceptors (Lipinski definition) is 5. The first-order valence-corrected chi connectivity index (χ1v) is 9.42. The van der Waals surface area contributed by atoms with E-state index < -0.39 is 0 Å². The van der Waals surface area contributed by atoms with Crippen molar-refractivity contribution in [1.82, 2.24) is 19.5 Å². The van der Waals surface area contributed by atoms with Crippen molar-refractivity contribution in [1.29, 1.82) is 0 Å². The van der Waals surface area contributed by atoms with Gasteiger partial charge in [0.15, 0.2) is 16.3 Å². The number of hydrogen-bond donors (Lipinski definition) is 0. The first kappa shape index (κ1) is 18.2. The molecule has 2 aromatic heterocycles. The van der Waals surface area contributed by atoms with E-state index in [-0.39, 0.29) is 34.9 Å². The van der Waals surface area contributed by atoms with Gasteiger partial charge in [-0.2, -0.15) is 0 Å². The summed E-state index contributed by atoms with van der Waals surface area (Å²) in [6.07, 6.45) is 2.89. The minimum atomic E-state index is -0.354. The Kier molecular flexibility index (Phi) is 5.12. The van der Waals surface area contributed by atoms with Crippen LogP contribution in [0.3, 0.4) is 0 Å². The fraction of sp³-hybridized carbons (Fsp3) is 0.100. The third-order valence-corrected chi connectivity index (χ3v) is 5.15. The summed E-state index contributed by atoms with van der Waals surface area (Å²) in [5.41, 5.74) is 1.29. The lowest BCUT2D eigenvalue weighted by molar-refractivity contribution is 0.616. The van der Waals surface area contributed by atoms with E-state index in [2.05, 4.69) is 15.0 Å². The molecule has 0 aliphatic heterocycles. The Bertz CT molecular complexity index is 1190. The molecule has 2 heterocycles. The molecule has 0 saturated carbocycles. The lowest BCUT2D eigenvalue weighted by atomic mass is 10.2. The van der Waals surface area contributed by atoms with Crippen LogP contribution in [0.1, 0.15) is 11.1 Å². The number of fused-ring (bicyclic) bond motifs is 1. The predicted octanol–water partition coefficient (Wildman–Crippen LogP) is 3.81. The van der Waals surface area contributed by atoms with Gasteiger partial charge in [-0.15, -0.1) is 0 Å². The van der Waals surface area contributed by atoms with E-state index in [4.69, 9.17) is 0 Å². The SMILES string of the molecule is O=c1c2nccnc2nc(SCc2ccccc2F)n1Cc1ccc(F)cc1. The summed E-state index contributed by atoms with van der Waals surface area (Å²) in [5.74, 6) is -0.371. The van der Waals surface area contributed by atoms with Crippen molar-refractivity contribution in [2.24, 2.45) is 0 Å². The van der Waals surface area contributed by atoms with Crippen molar-refractivity contribution in [3.8, 4) is 0 Å². The monoisotopic (exact) mass is 396 g/mol. The van der Waals surface area contributed by atoms with E-state index in [0.717, 1.165) is 5.56 Å². The number of rotatable bonds is 5. The van der Waals surface area contributed by atoms with E-state index in [0.29, 0.717) is 16.5 Å². The van der Waals surface area contributed by atoms with Crippen LogP contribution >= 0.6 is 11.8 Å². The second kappa shape index (κ2) is 7.85. The molecule has 0 amide bonds. The highest BCUT2D eigenvalue weighted by Gasteiger charge is 2.14. The molecule has 0 atom stereocenters. The van der Waals surface area contributed by atoms with Gasteiger partial charge in [-0.1, -0.05) is 42.1 Å². The van der Waals surface area contributed by atoms with Crippen LogP contribution in [0.2, 0.25) is 0 Å². The molecular weight excluding hydrogens is 382 g/mol. The molecule has 0 aliphatic carbocycles. The van der Waals surface area contributed by atoms with Crippen LogP contribution in [-0.2, 0) is 12.3 Å². The maximum atomic E-state index is 13.9.